The van der Waals surface area contributed by atoms with E-state index in [9.17, 15) is 4.79 Å². The van der Waals surface area contributed by atoms with Gasteiger partial charge in [-0.2, -0.15) is 0 Å². The van der Waals surface area contributed by atoms with Gasteiger partial charge in [-0.3, -0.25) is 4.79 Å². The van der Waals surface area contributed by atoms with Crippen LogP contribution in [0.25, 0.3) is 0 Å². The van der Waals surface area contributed by atoms with Crippen molar-refractivity contribution in [2.24, 2.45) is 5.73 Å². The minimum absolute atomic E-state index is 0.215. The van der Waals surface area contributed by atoms with Gasteiger partial charge in [-0.05, 0) is 29.8 Å². The van der Waals surface area contributed by atoms with Crippen molar-refractivity contribution < 1.29 is 14.3 Å². The first-order valence-electron chi connectivity index (χ1n) is 6.42. The minimum atomic E-state index is -0.368. The van der Waals surface area contributed by atoms with Gasteiger partial charge < -0.3 is 15.2 Å². The molecule has 2 N–H and O–H groups in total. The summed E-state index contributed by atoms with van der Waals surface area (Å²) in [6.07, 6.45) is 0.215. The number of hydrogen-bond donors (Lipinski definition) is 1. The minimum Gasteiger partial charge on any atom is -0.493 e. The lowest BCUT2D eigenvalue weighted by molar-refractivity contribution is -0.118. The van der Waals surface area contributed by atoms with Gasteiger partial charge >= 0.3 is 0 Å². The maximum atomic E-state index is 10.6. The van der Waals surface area contributed by atoms with Crippen molar-refractivity contribution in [3.8, 4) is 11.5 Å². The average Bonchev–Trinajstić information content (AvgIpc) is 2.47. The predicted octanol–water partition coefficient (Wildman–Crippen LogP) is 2.52. The van der Waals surface area contributed by atoms with Gasteiger partial charge in [0.2, 0.25) is 5.91 Å². The molecule has 0 bridgehead atoms. The molecular formula is C16H17NO3. The van der Waals surface area contributed by atoms with Crippen LogP contribution in [0.5, 0.6) is 11.5 Å². The molecular weight excluding hydrogens is 254 g/mol. The molecule has 0 aliphatic heterocycles. The van der Waals surface area contributed by atoms with Crippen LogP contribution in [0, 0.1) is 0 Å². The van der Waals surface area contributed by atoms with Gasteiger partial charge in [0, 0.05) is 0 Å². The van der Waals surface area contributed by atoms with Crippen molar-refractivity contribution in [1.29, 1.82) is 0 Å². The van der Waals surface area contributed by atoms with Crippen LogP contribution in [0.15, 0.2) is 54.6 Å². The fraction of sp³-hybridized carbons (Fsp3) is 0.188. The zero-order valence-corrected chi connectivity index (χ0v) is 11.1. The summed E-state index contributed by atoms with van der Waals surface area (Å²) in [5, 5.41) is 0. The summed E-state index contributed by atoms with van der Waals surface area (Å²) in [6.45, 7) is 0.822. The van der Waals surface area contributed by atoms with Crippen molar-refractivity contribution in [2.75, 3.05) is 6.61 Å². The largest absolute Gasteiger partial charge is 0.493 e. The van der Waals surface area contributed by atoms with Gasteiger partial charge in [0.15, 0.2) is 0 Å². The van der Waals surface area contributed by atoms with Crippen molar-refractivity contribution in [3.63, 3.8) is 0 Å². The zero-order chi connectivity index (χ0) is 14.2. The van der Waals surface area contributed by atoms with Crippen LogP contribution < -0.4 is 15.2 Å². The van der Waals surface area contributed by atoms with Gasteiger partial charge in [-0.15, -0.1) is 0 Å². The molecule has 2 aromatic rings. The standard InChI is InChI=1S/C16H17NO3/c17-16(18)10-11-19-14-6-8-15(9-7-14)20-12-13-4-2-1-3-5-13/h1-9H,10-12H2,(H2,17,18). The summed E-state index contributed by atoms with van der Waals surface area (Å²) in [4.78, 5) is 10.6. The summed E-state index contributed by atoms with van der Waals surface area (Å²) < 4.78 is 11.0. The Hall–Kier alpha value is -2.49. The topological polar surface area (TPSA) is 61.6 Å². The second-order valence-electron chi connectivity index (χ2n) is 4.31. The molecule has 0 saturated carbocycles. The lowest BCUT2D eigenvalue weighted by atomic mass is 10.2. The molecule has 4 nitrogen and oxygen atoms in total. The Morgan fingerprint density at radius 3 is 2.10 bits per heavy atom. The molecule has 1 amide bonds. The first kappa shape index (κ1) is 13.9. The quantitative estimate of drug-likeness (QED) is 0.841. The first-order valence-corrected chi connectivity index (χ1v) is 6.42. The Bertz CT molecular complexity index is 537. The lowest BCUT2D eigenvalue weighted by Gasteiger charge is -2.08. The van der Waals surface area contributed by atoms with Crippen LogP contribution in [0.3, 0.4) is 0 Å². The normalized spacial score (nSPS) is 10.0. The number of nitrogens with two attached hydrogens (primary N) is 1. The van der Waals surface area contributed by atoms with Gasteiger partial charge in [-0.25, -0.2) is 0 Å². The van der Waals surface area contributed by atoms with Gasteiger partial charge in [-0.1, -0.05) is 30.3 Å². The van der Waals surface area contributed by atoms with Crippen LogP contribution >= 0.6 is 0 Å². The molecule has 4 heteroatoms. The Kier molecular flexibility index (Phi) is 5.00. The van der Waals surface area contributed by atoms with E-state index in [-0.39, 0.29) is 12.3 Å². The monoisotopic (exact) mass is 271 g/mol. The fourth-order valence-electron chi connectivity index (χ4n) is 1.64. The maximum absolute atomic E-state index is 10.6. The van der Waals surface area contributed by atoms with E-state index in [2.05, 4.69) is 0 Å². The molecule has 0 saturated heterocycles. The number of carbonyl (C=O) groups excluding carboxylic acids is 1. The van der Waals surface area contributed by atoms with Crippen molar-refractivity contribution >= 4 is 5.91 Å². The van der Waals surface area contributed by atoms with Gasteiger partial charge in [0.1, 0.15) is 18.1 Å². The summed E-state index contributed by atoms with van der Waals surface area (Å²) in [5.41, 5.74) is 6.16. The van der Waals surface area contributed by atoms with Crippen molar-refractivity contribution in [1.82, 2.24) is 0 Å². The highest BCUT2D eigenvalue weighted by Crippen LogP contribution is 2.18. The molecule has 0 fully saturated rings. The summed E-state index contributed by atoms with van der Waals surface area (Å²) in [5.74, 6) is 1.10. The van der Waals surface area contributed by atoms with E-state index in [4.69, 9.17) is 15.2 Å². The number of amides is 1. The fourth-order valence-corrected chi connectivity index (χ4v) is 1.64. The number of carbonyl (C=O) groups is 1. The average molecular weight is 271 g/mol. The van der Waals surface area contributed by atoms with E-state index in [1.54, 1.807) is 12.1 Å². The van der Waals surface area contributed by atoms with Crippen LogP contribution in [-0.4, -0.2) is 12.5 Å². The van der Waals surface area contributed by atoms with Gasteiger partial charge in [0.25, 0.3) is 0 Å². The molecule has 0 aliphatic carbocycles. The molecule has 0 radical (unpaired) electrons. The third-order valence-electron chi connectivity index (χ3n) is 2.69. The number of benzene rings is 2. The Labute approximate surface area is 118 Å². The Morgan fingerprint density at radius 1 is 0.900 bits per heavy atom. The SMILES string of the molecule is NC(=O)CCOc1ccc(OCc2ccccc2)cc1. The maximum Gasteiger partial charge on any atom is 0.220 e. The van der Waals surface area contributed by atoms with E-state index in [1.165, 1.54) is 0 Å². The smallest absolute Gasteiger partial charge is 0.220 e. The Morgan fingerprint density at radius 2 is 1.50 bits per heavy atom. The molecule has 2 aromatic carbocycles. The van der Waals surface area contributed by atoms with Crippen molar-refractivity contribution in [2.45, 2.75) is 13.0 Å². The predicted molar refractivity (Wildman–Crippen MR) is 76.5 cm³/mol. The van der Waals surface area contributed by atoms with E-state index in [0.717, 1.165) is 11.3 Å². The summed E-state index contributed by atoms with van der Waals surface area (Å²) in [7, 11) is 0. The third kappa shape index (κ3) is 4.65. The molecule has 0 unspecified atom stereocenters. The highest BCUT2D eigenvalue weighted by atomic mass is 16.5. The lowest BCUT2D eigenvalue weighted by Crippen LogP contribution is -2.14. The number of primary amides is 1. The molecule has 2 rings (SSSR count). The van der Waals surface area contributed by atoms with E-state index >= 15 is 0 Å². The second-order valence-corrected chi connectivity index (χ2v) is 4.31. The van der Waals surface area contributed by atoms with Crippen LogP contribution in [0.1, 0.15) is 12.0 Å². The molecule has 20 heavy (non-hydrogen) atoms. The van der Waals surface area contributed by atoms with E-state index in [0.29, 0.717) is 19.0 Å². The number of rotatable bonds is 7. The molecule has 0 aromatic heterocycles. The first-order chi connectivity index (χ1) is 9.74. The molecule has 0 atom stereocenters. The zero-order valence-electron chi connectivity index (χ0n) is 11.1. The van der Waals surface area contributed by atoms with E-state index < -0.39 is 0 Å². The van der Waals surface area contributed by atoms with Gasteiger partial charge in [0.05, 0.1) is 13.0 Å². The highest BCUT2D eigenvalue weighted by molar-refractivity contribution is 5.73. The van der Waals surface area contributed by atoms with Crippen LogP contribution in [0.4, 0.5) is 0 Å². The molecule has 0 heterocycles. The summed E-state index contributed by atoms with van der Waals surface area (Å²) >= 11 is 0. The summed E-state index contributed by atoms with van der Waals surface area (Å²) in [6, 6.07) is 17.3. The molecule has 0 spiro atoms. The van der Waals surface area contributed by atoms with Crippen LogP contribution in [-0.2, 0) is 11.4 Å². The molecule has 0 aliphatic rings. The number of hydrogen-bond acceptors (Lipinski definition) is 3. The van der Waals surface area contributed by atoms with Crippen LogP contribution in [0.2, 0.25) is 0 Å². The van der Waals surface area contributed by atoms with Crippen molar-refractivity contribution in [3.05, 3.63) is 60.2 Å². The Balaban J connectivity index is 1.81. The highest BCUT2D eigenvalue weighted by Gasteiger charge is 1.99. The molecule has 104 valence electrons. The third-order valence-corrected chi connectivity index (χ3v) is 2.69. The second kappa shape index (κ2) is 7.19. The number of ether oxygens (including phenoxy) is 2. The van der Waals surface area contributed by atoms with E-state index in [1.807, 2.05) is 42.5 Å².